The number of aromatic nitrogens is 3. The second kappa shape index (κ2) is 9.95. The van der Waals surface area contributed by atoms with Gasteiger partial charge < -0.3 is 5.32 Å². The normalized spacial score (nSPS) is 10.7. The number of unbranched alkanes of at least 4 members (excludes halogenated alkanes) is 1. The first-order chi connectivity index (χ1) is 15.2. The standard InChI is InChI=1S/C24H22N4O2S/c29-23(27-12-5-4-9-18-7-2-1-3-8-18)20-11-6-10-19(15-20)21-17-31-24(30)28(21)22-16-25-13-14-26-22/h1-3,6-8,10-11,13-17H,4-5,9,12H2,(H,27,29). The molecule has 0 saturated carbocycles. The number of carbonyl (C=O) groups is 1. The van der Waals surface area contributed by atoms with E-state index < -0.39 is 0 Å². The molecule has 31 heavy (non-hydrogen) atoms. The van der Waals surface area contributed by atoms with Gasteiger partial charge in [0.15, 0.2) is 5.82 Å². The van der Waals surface area contributed by atoms with Gasteiger partial charge in [-0.25, -0.2) is 9.55 Å². The average Bonchev–Trinajstić information content (AvgIpc) is 3.21. The molecule has 2 heterocycles. The van der Waals surface area contributed by atoms with E-state index in [0.717, 1.165) is 36.2 Å². The van der Waals surface area contributed by atoms with Crippen LogP contribution in [0.1, 0.15) is 28.8 Å². The highest BCUT2D eigenvalue weighted by Gasteiger charge is 2.14. The molecule has 0 saturated heterocycles. The molecule has 0 aliphatic carbocycles. The van der Waals surface area contributed by atoms with Crippen molar-refractivity contribution < 1.29 is 4.79 Å². The Labute approximate surface area is 184 Å². The molecule has 2 aromatic carbocycles. The lowest BCUT2D eigenvalue weighted by molar-refractivity contribution is 0.0953. The summed E-state index contributed by atoms with van der Waals surface area (Å²) in [5.41, 5.74) is 3.34. The number of hydrogen-bond donors (Lipinski definition) is 1. The maximum atomic E-state index is 12.6. The Balaban J connectivity index is 1.41. The third-order valence-electron chi connectivity index (χ3n) is 4.91. The van der Waals surface area contributed by atoms with Gasteiger partial charge in [0.05, 0.1) is 11.9 Å². The molecule has 156 valence electrons. The van der Waals surface area contributed by atoms with Gasteiger partial charge in [-0.2, -0.15) is 0 Å². The number of nitrogens with one attached hydrogen (secondary N) is 1. The molecule has 0 atom stereocenters. The van der Waals surface area contributed by atoms with E-state index in [1.165, 1.54) is 10.1 Å². The predicted molar refractivity (Wildman–Crippen MR) is 123 cm³/mol. The molecule has 1 amide bonds. The van der Waals surface area contributed by atoms with E-state index in [9.17, 15) is 9.59 Å². The van der Waals surface area contributed by atoms with Gasteiger partial charge in [-0.05, 0) is 37.0 Å². The van der Waals surface area contributed by atoms with Crippen LogP contribution in [0.25, 0.3) is 17.1 Å². The first-order valence-electron chi connectivity index (χ1n) is 10.1. The van der Waals surface area contributed by atoms with E-state index in [1.807, 2.05) is 30.3 Å². The van der Waals surface area contributed by atoms with E-state index in [0.29, 0.717) is 23.6 Å². The number of nitrogens with zero attached hydrogens (tertiary/aromatic N) is 3. The minimum absolute atomic E-state index is 0.120. The molecule has 6 nitrogen and oxygen atoms in total. The molecular formula is C24H22N4O2S. The second-order valence-electron chi connectivity index (χ2n) is 7.07. The summed E-state index contributed by atoms with van der Waals surface area (Å²) >= 11 is 1.09. The summed E-state index contributed by atoms with van der Waals surface area (Å²) in [5, 5.41) is 4.76. The van der Waals surface area contributed by atoms with Crippen molar-refractivity contribution in [1.29, 1.82) is 0 Å². The third kappa shape index (κ3) is 5.13. The van der Waals surface area contributed by atoms with E-state index >= 15 is 0 Å². The van der Waals surface area contributed by atoms with E-state index in [1.54, 1.807) is 36.1 Å². The molecule has 0 bridgehead atoms. The minimum Gasteiger partial charge on any atom is -0.352 e. The summed E-state index contributed by atoms with van der Waals surface area (Å²) in [6, 6.07) is 17.6. The molecule has 0 unspecified atom stereocenters. The van der Waals surface area contributed by atoms with E-state index in [-0.39, 0.29) is 10.8 Å². The highest BCUT2D eigenvalue weighted by molar-refractivity contribution is 7.07. The highest BCUT2D eigenvalue weighted by atomic mass is 32.1. The topological polar surface area (TPSA) is 76.9 Å². The van der Waals surface area contributed by atoms with Crippen LogP contribution in [0.2, 0.25) is 0 Å². The maximum absolute atomic E-state index is 12.6. The summed E-state index contributed by atoms with van der Waals surface area (Å²) < 4.78 is 1.51. The highest BCUT2D eigenvalue weighted by Crippen LogP contribution is 2.23. The predicted octanol–water partition coefficient (Wildman–Crippen LogP) is 4.11. The van der Waals surface area contributed by atoms with Gasteiger partial charge in [-0.3, -0.25) is 14.6 Å². The lowest BCUT2D eigenvalue weighted by Gasteiger charge is -2.09. The number of thiazole rings is 1. The van der Waals surface area contributed by atoms with Crippen LogP contribution >= 0.6 is 11.3 Å². The van der Waals surface area contributed by atoms with Crippen LogP contribution in [0.3, 0.4) is 0 Å². The second-order valence-corrected chi connectivity index (χ2v) is 7.89. The van der Waals surface area contributed by atoms with Gasteiger partial charge in [-0.15, -0.1) is 0 Å². The molecular weight excluding hydrogens is 408 g/mol. The Hall–Kier alpha value is -3.58. The smallest absolute Gasteiger partial charge is 0.313 e. The van der Waals surface area contributed by atoms with Crippen LogP contribution in [0.4, 0.5) is 0 Å². The number of benzene rings is 2. The minimum atomic E-state index is -0.149. The van der Waals surface area contributed by atoms with Crippen LogP contribution in [0, 0.1) is 0 Å². The zero-order valence-electron chi connectivity index (χ0n) is 16.9. The first kappa shape index (κ1) is 20.7. The molecule has 4 aromatic rings. The van der Waals surface area contributed by atoms with Gasteiger partial charge in [-0.1, -0.05) is 53.8 Å². The zero-order chi connectivity index (χ0) is 21.5. The van der Waals surface area contributed by atoms with Crippen molar-refractivity contribution in [2.45, 2.75) is 19.3 Å². The molecule has 0 aliphatic rings. The summed E-state index contributed by atoms with van der Waals surface area (Å²) in [5.74, 6) is 0.335. The number of rotatable bonds is 8. The van der Waals surface area contributed by atoms with Crippen molar-refractivity contribution in [2.24, 2.45) is 0 Å². The van der Waals surface area contributed by atoms with Crippen LogP contribution in [0.15, 0.2) is 83.4 Å². The Morgan fingerprint density at radius 3 is 2.71 bits per heavy atom. The number of hydrogen-bond acceptors (Lipinski definition) is 5. The van der Waals surface area contributed by atoms with Gasteiger partial charge in [0, 0.05) is 35.4 Å². The van der Waals surface area contributed by atoms with Crippen LogP contribution in [-0.4, -0.2) is 27.0 Å². The SMILES string of the molecule is O=C(NCCCCc1ccccc1)c1cccc(-c2csc(=O)n2-c2cnccn2)c1. The molecule has 0 fully saturated rings. The van der Waals surface area contributed by atoms with Gasteiger partial charge in [0.2, 0.25) is 0 Å². The zero-order valence-corrected chi connectivity index (χ0v) is 17.7. The molecule has 0 aliphatic heterocycles. The lowest BCUT2D eigenvalue weighted by atomic mass is 10.1. The Morgan fingerprint density at radius 1 is 1.03 bits per heavy atom. The molecule has 0 radical (unpaired) electrons. The van der Waals surface area contributed by atoms with Crippen molar-refractivity contribution in [3.63, 3.8) is 0 Å². The third-order valence-corrected chi connectivity index (χ3v) is 5.64. The van der Waals surface area contributed by atoms with E-state index in [4.69, 9.17) is 0 Å². The van der Waals surface area contributed by atoms with Crippen LogP contribution in [-0.2, 0) is 6.42 Å². The largest absolute Gasteiger partial charge is 0.352 e. The van der Waals surface area contributed by atoms with Crippen molar-refractivity contribution in [3.05, 3.63) is 99.4 Å². The molecule has 4 rings (SSSR count). The van der Waals surface area contributed by atoms with Gasteiger partial charge in [0.25, 0.3) is 5.91 Å². The number of aryl methyl sites for hydroxylation is 1. The maximum Gasteiger partial charge on any atom is 0.313 e. The van der Waals surface area contributed by atoms with Crippen LogP contribution in [0.5, 0.6) is 0 Å². The molecule has 2 aromatic heterocycles. The Bertz CT molecular complexity index is 1200. The van der Waals surface area contributed by atoms with Crippen molar-refractivity contribution in [3.8, 4) is 17.1 Å². The van der Waals surface area contributed by atoms with Crippen molar-refractivity contribution in [1.82, 2.24) is 19.9 Å². The summed E-state index contributed by atoms with van der Waals surface area (Å²) in [7, 11) is 0. The van der Waals surface area contributed by atoms with Crippen molar-refractivity contribution in [2.75, 3.05) is 6.54 Å². The van der Waals surface area contributed by atoms with Gasteiger partial charge in [0.1, 0.15) is 0 Å². The number of amides is 1. The van der Waals surface area contributed by atoms with Gasteiger partial charge >= 0.3 is 4.87 Å². The molecule has 0 spiro atoms. The first-order valence-corrected chi connectivity index (χ1v) is 11.0. The fraction of sp³-hybridized carbons (Fsp3) is 0.167. The van der Waals surface area contributed by atoms with E-state index in [2.05, 4.69) is 27.4 Å². The Morgan fingerprint density at radius 2 is 1.90 bits per heavy atom. The quantitative estimate of drug-likeness (QED) is 0.427. The molecule has 7 heteroatoms. The summed E-state index contributed by atoms with van der Waals surface area (Å²) in [4.78, 5) is 33.1. The van der Waals surface area contributed by atoms with Crippen LogP contribution < -0.4 is 10.2 Å². The Kier molecular flexibility index (Phi) is 6.64. The monoisotopic (exact) mass is 430 g/mol. The fourth-order valence-corrected chi connectivity index (χ4v) is 4.10. The summed E-state index contributed by atoms with van der Waals surface area (Å²) in [6.45, 7) is 0.624. The fourth-order valence-electron chi connectivity index (χ4n) is 3.35. The summed E-state index contributed by atoms with van der Waals surface area (Å²) in [6.07, 6.45) is 7.59. The van der Waals surface area contributed by atoms with Crippen molar-refractivity contribution >= 4 is 17.2 Å². The number of carbonyl (C=O) groups excluding carboxylic acids is 1. The lowest BCUT2D eigenvalue weighted by Crippen LogP contribution is -2.24. The molecule has 1 N–H and O–H groups in total. The average molecular weight is 431 g/mol.